The lowest BCUT2D eigenvalue weighted by molar-refractivity contribution is -0.137. The first-order valence-corrected chi connectivity index (χ1v) is 5.96. The number of ether oxygens (including phenoxy) is 1. The summed E-state index contributed by atoms with van der Waals surface area (Å²) in [4.78, 5) is 22.0. The molecule has 0 saturated heterocycles. The highest BCUT2D eigenvalue weighted by Gasteiger charge is 2.11. The molecular formula is C14H14N2O4. The molecule has 2 aromatic rings. The molecule has 0 atom stereocenters. The van der Waals surface area contributed by atoms with Gasteiger partial charge in [0.2, 0.25) is 0 Å². The predicted molar refractivity (Wildman–Crippen MR) is 71.9 cm³/mol. The maximum absolute atomic E-state index is 11.4. The summed E-state index contributed by atoms with van der Waals surface area (Å²) >= 11 is 0. The Morgan fingerprint density at radius 1 is 1.35 bits per heavy atom. The number of ketones is 1. The number of rotatable bonds is 5. The van der Waals surface area contributed by atoms with Crippen LogP contribution in [-0.4, -0.2) is 33.7 Å². The van der Waals surface area contributed by atoms with Crippen molar-refractivity contribution in [1.29, 1.82) is 0 Å². The Kier molecular flexibility index (Phi) is 3.84. The molecule has 0 aliphatic carbocycles. The van der Waals surface area contributed by atoms with Gasteiger partial charge >= 0.3 is 5.97 Å². The van der Waals surface area contributed by atoms with Gasteiger partial charge in [-0.2, -0.15) is 5.10 Å². The number of methoxy groups -OCH3 is 1. The first-order valence-electron chi connectivity index (χ1n) is 5.96. The number of carboxylic acids is 1. The number of carbonyl (C=O) groups is 2. The van der Waals surface area contributed by atoms with Crippen LogP contribution in [-0.2, 0) is 11.3 Å². The van der Waals surface area contributed by atoms with Crippen LogP contribution in [0.3, 0.4) is 0 Å². The normalized spacial score (nSPS) is 10.3. The smallest absolute Gasteiger partial charge is 0.325 e. The van der Waals surface area contributed by atoms with Crippen LogP contribution in [0.4, 0.5) is 0 Å². The highest BCUT2D eigenvalue weighted by Crippen LogP contribution is 2.26. The topological polar surface area (TPSA) is 81.4 Å². The van der Waals surface area contributed by atoms with Crippen LogP contribution >= 0.6 is 0 Å². The number of carboxylic acid groups (broad SMARTS) is 1. The van der Waals surface area contributed by atoms with Crippen LogP contribution in [0, 0.1) is 0 Å². The van der Waals surface area contributed by atoms with Crippen LogP contribution in [0.1, 0.15) is 17.3 Å². The molecule has 0 bridgehead atoms. The number of aromatic nitrogens is 2. The van der Waals surface area contributed by atoms with Crippen molar-refractivity contribution in [3.63, 3.8) is 0 Å². The average Bonchev–Trinajstić information content (AvgIpc) is 2.85. The third-order valence-electron chi connectivity index (χ3n) is 2.81. The molecular weight excluding hydrogens is 260 g/mol. The molecule has 0 amide bonds. The monoisotopic (exact) mass is 274 g/mol. The van der Waals surface area contributed by atoms with Crippen molar-refractivity contribution >= 4 is 11.8 Å². The van der Waals surface area contributed by atoms with Gasteiger partial charge in [-0.05, 0) is 25.1 Å². The summed E-state index contributed by atoms with van der Waals surface area (Å²) in [5.74, 6) is -0.559. The Morgan fingerprint density at radius 2 is 2.10 bits per heavy atom. The van der Waals surface area contributed by atoms with Crippen molar-refractivity contribution in [1.82, 2.24) is 9.78 Å². The second kappa shape index (κ2) is 5.56. The summed E-state index contributed by atoms with van der Waals surface area (Å²) in [6.07, 6.45) is 1.59. The zero-order valence-electron chi connectivity index (χ0n) is 11.2. The Balaban J connectivity index is 2.35. The summed E-state index contributed by atoms with van der Waals surface area (Å²) < 4.78 is 6.53. The average molecular weight is 274 g/mol. The van der Waals surface area contributed by atoms with E-state index in [1.165, 1.54) is 18.7 Å². The highest BCUT2D eigenvalue weighted by atomic mass is 16.5. The van der Waals surface area contributed by atoms with E-state index in [-0.39, 0.29) is 12.3 Å². The van der Waals surface area contributed by atoms with Gasteiger partial charge in [-0.15, -0.1) is 0 Å². The molecule has 104 valence electrons. The van der Waals surface area contributed by atoms with Crippen LogP contribution in [0.2, 0.25) is 0 Å². The van der Waals surface area contributed by atoms with Crippen LogP contribution in [0.5, 0.6) is 5.75 Å². The van der Waals surface area contributed by atoms with Crippen molar-refractivity contribution in [2.75, 3.05) is 7.11 Å². The number of hydrogen-bond donors (Lipinski definition) is 1. The molecule has 1 N–H and O–H groups in total. The summed E-state index contributed by atoms with van der Waals surface area (Å²) in [7, 11) is 1.49. The molecule has 0 fully saturated rings. The van der Waals surface area contributed by atoms with Crippen LogP contribution in [0.15, 0.2) is 30.5 Å². The van der Waals surface area contributed by atoms with Crippen LogP contribution in [0.25, 0.3) is 11.3 Å². The van der Waals surface area contributed by atoms with Gasteiger partial charge < -0.3 is 9.84 Å². The Morgan fingerprint density at radius 3 is 2.70 bits per heavy atom. The van der Waals surface area contributed by atoms with E-state index >= 15 is 0 Å². The van der Waals surface area contributed by atoms with Crippen molar-refractivity contribution < 1.29 is 19.4 Å². The second-order valence-electron chi connectivity index (χ2n) is 4.26. The van der Waals surface area contributed by atoms with Gasteiger partial charge in [-0.3, -0.25) is 14.3 Å². The number of benzene rings is 1. The highest BCUT2D eigenvalue weighted by molar-refractivity contribution is 5.97. The SMILES string of the molecule is COc1cc(-c2ccn(CC(=O)O)n2)ccc1C(C)=O. The lowest BCUT2D eigenvalue weighted by atomic mass is 10.1. The largest absolute Gasteiger partial charge is 0.496 e. The maximum Gasteiger partial charge on any atom is 0.325 e. The Bertz CT molecular complexity index is 661. The fourth-order valence-electron chi connectivity index (χ4n) is 1.88. The predicted octanol–water partition coefficient (Wildman–Crippen LogP) is 1.85. The summed E-state index contributed by atoms with van der Waals surface area (Å²) in [6, 6.07) is 6.86. The molecule has 1 heterocycles. The van der Waals surface area contributed by atoms with Gasteiger partial charge in [0.15, 0.2) is 5.78 Å². The molecule has 1 aromatic heterocycles. The molecule has 0 aliphatic heterocycles. The molecule has 0 aliphatic rings. The fourth-order valence-corrected chi connectivity index (χ4v) is 1.88. The quantitative estimate of drug-likeness (QED) is 0.841. The molecule has 0 spiro atoms. The third kappa shape index (κ3) is 2.85. The lowest BCUT2D eigenvalue weighted by Gasteiger charge is -2.07. The van der Waals surface area contributed by atoms with Gasteiger partial charge in [0, 0.05) is 11.8 Å². The molecule has 1 aromatic carbocycles. The zero-order valence-corrected chi connectivity index (χ0v) is 11.2. The minimum absolute atomic E-state index is 0.0789. The molecule has 0 unspecified atom stereocenters. The van der Waals surface area contributed by atoms with E-state index in [4.69, 9.17) is 9.84 Å². The van der Waals surface area contributed by atoms with E-state index in [2.05, 4.69) is 5.10 Å². The number of aliphatic carboxylic acids is 1. The Hall–Kier alpha value is -2.63. The summed E-state index contributed by atoms with van der Waals surface area (Å²) in [6.45, 7) is 1.28. The van der Waals surface area contributed by atoms with Gasteiger partial charge in [-0.1, -0.05) is 6.07 Å². The molecule has 6 nitrogen and oxygen atoms in total. The maximum atomic E-state index is 11.4. The van der Waals surface area contributed by atoms with Gasteiger partial charge in [0.1, 0.15) is 12.3 Å². The number of Topliss-reactive ketones (excluding diaryl/α,β-unsaturated/α-hetero) is 1. The molecule has 0 radical (unpaired) electrons. The Labute approximate surface area is 115 Å². The van der Waals surface area contributed by atoms with E-state index in [0.717, 1.165) is 5.56 Å². The molecule has 2 rings (SSSR count). The van der Waals surface area contributed by atoms with E-state index in [1.807, 2.05) is 0 Å². The van der Waals surface area contributed by atoms with E-state index in [1.54, 1.807) is 30.5 Å². The zero-order chi connectivity index (χ0) is 14.7. The lowest BCUT2D eigenvalue weighted by Crippen LogP contribution is -2.08. The first-order chi connectivity index (χ1) is 9.51. The standard InChI is InChI=1S/C14H14N2O4/c1-9(17)11-4-3-10(7-13(11)20-2)12-5-6-16(15-12)8-14(18)19/h3-7H,8H2,1-2H3,(H,18,19). The molecule has 0 saturated carbocycles. The van der Waals surface area contributed by atoms with Crippen molar-refractivity contribution in [3.05, 3.63) is 36.0 Å². The fraction of sp³-hybridized carbons (Fsp3) is 0.214. The van der Waals surface area contributed by atoms with Gasteiger partial charge in [0.05, 0.1) is 18.4 Å². The molecule has 20 heavy (non-hydrogen) atoms. The van der Waals surface area contributed by atoms with Crippen molar-refractivity contribution in [3.8, 4) is 17.0 Å². The van der Waals surface area contributed by atoms with Crippen molar-refractivity contribution in [2.24, 2.45) is 0 Å². The van der Waals surface area contributed by atoms with E-state index < -0.39 is 5.97 Å². The van der Waals surface area contributed by atoms with Crippen LogP contribution < -0.4 is 4.74 Å². The minimum Gasteiger partial charge on any atom is -0.496 e. The first kappa shape index (κ1) is 13.8. The molecule has 6 heteroatoms. The van der Waals surface area contributed by atoms with E-state index in [0.29, 0.717) is 17.0 Å². The number of carbonyl (C=O) groups excluding carboxylic acids is 1. The summed E-state index contributed by atoms with van der Waals surface area (Å²) in [5.41, 5.74) is 1.89. The number of hydrogen-bond acceptors (Lipinski definition) is 4. The number of nitrogens with zero attached hydrogens (tertiary/aromatic N) is 2. The minimum atomic E-state index is -0.954. The van der Waals surface area contributed by atoms with Gasteiger partial charge in [-0.25, -0.2) is 0 Å². The van der Waals surface area contributed by atoms with E-state index in [9.17, 15) is 9.59 Å². The summed E-state index contributed by atoms with van der Waals surface area (Å²) in [5, 5.41) is 12.9. The van der Waals surface area contributed by atoms with Gasteiger partial charge in [0.25, 0.3) is 0 Å². The van der Waals surface area contributed by atoms with Crippen molar-refractivity contribution in [2.45, 2.75) is 13.5 Å². The third-order valence-corrected chi connectivity index (χ3v) is 2.81. The second-order valence-corrected chi connectivity index (χ2v) is 4.26.